The lowest BCUT2D eigenvalue weighted by Crippen LogP contribution is -2.39. The summed E-state index contributed by atoms with van der Waals surface area (Å²) in [6.07, 6.45) is 5.29. The van der Waals surface area contributed by atoms with E-state index >= 15 is 0 Å². The fourth-order valence-corrected chi connectivity index (χ4v) is 3.18. The molecule has 1 aliphatic heterocycles. The maximum Gasteiger partial charge on any atom is 0.180 e. The summed E-state index contributed by atoms with van der Waals surface area (Å²) in [6, 6.07) is 8.53. The van der Waals surface area contributed by atoms with Gasteiger partial charge in [0.25, 0.3) is 0 Å². The van der Waals surface area contributed by atoms with E-state index in [1.807, 2.05) is 12.1 Å². The number of hydrogen-bond donors (Lipinski definition) is 0. The van der Waals surface area contributed by atoms with Crippen molar-refractivity contribution in [3.8, 4) is 0 Å². The first-order chi connectivity index (χ1) is 7.56. The molecule has 16 heavy (non-hydrogen) atoms. The fraction of sp³-hybridized carbons (Fsp3) is 0.167. The third-order valence-electron chi connectivity index (χ3n) is 2.71. The molecule has 1 radical (unpaired) electrons. The van der Waals surface area contributed by atoms with E-state index in [9.17, 15) is 8.42 Å². The number of hydrogen-bond acceptors (Lipinski definition) is 2. The third kappa shape index (κ3) is 1.73. The summed E-state index contributed by atoms with van der Waals surface area (Å²) in [5.41, 5.74) is 0. The maximum absolute atomic E-state index is 12.4. The molecule has 0 saturated carbocycles. The van der Waals surface area contributed by atoms with E-state index in [4.69, 9.17) is 0 Å². The van der Waals surface area contributed by atoms with Crippen LogP contribution < -0.4 is 0 Å². The van der Waals surface area contributed by atoms with Gasteiger partial charge in [0.05, 0.1) is 9.54 Å². The van der Waals surface area contributed by atoms with Gasteiger partial charge in [0.2, 0.25) is 0 Å². The number of allylic oxidation sites excluding steroid dienone is 2. The van der Waals surface area contributed by atoms with Crippen LogP contribution in [0.15, 0.2) is 59.4 Å². The monoisotopic (exact) mass is 231 g/mol. The number of sulfone groups is 1. The molecule has 0 aromatic heterocycles. The standard InChI is InChI=1S/C12H12BO2S/c1-12(9-5-6-10-13-12)16(14,15)11-7-3-2-4-8-11/h2-10H,1H3. The van der Waals surface area contributed by atoms with E-state index in [1.165, 1.54) is 0 Å². The van der Waals surface area contributed by atoms with Gasteiger partial charge in [-0.25, -0.2) is 8.42 Å². The lowest BCUT2D eigenvalue weighted by molar-refractivity contribution is 0.586. The van der Waals surface area contributed by atoms with Crippen molar-refractivity contribution in [3.05, 3.63) is 54.5 Å². The molecule has 0 bridgehead atoms. The van der Waals surface area contributed by atoms with Crippen molar-refractivity contribution in [1.29, 1.82) is 0 Å². The Labute approximate surface area is 96.8 Å². The molecule has 1 atom stereocenters. The molecule has 0 saturated heterocycles. The van der Waals surface area contributed by atoms with Crippen molar-refractivity contribution < 1.29 is 8.42 Å². The van der Waals surface area contributed by atoms with Crippen molar-refractivity contribution in [2.75, 3.05) is 0 Å². The zero-order valence-electron chi connectivity index (χ0n) is 9.00. The third-order valence-corrected chi connectivity index (χ3v) is 5.03. The van der Waals surface area contributed by atoms with Gasteiger partial charge in [-0.2, -0.15) is 0 Å². The van der Waals surface area contributed by atoms with Gasteiger partial charge in [0.15, 0.2) is 17.1 Å². The molecule has 2 rings (SSSR count). The minimum atomic E-state index is -3.36. The van der Waals surface area contributed by atoms with Gasteiger partial charge in [0, 0.05) is 0 Å². The van der Waals surface area contributed by atoms with E-state index in [0.717, 1.165) is 0 Å². The van der Waals surface area contributed by atoms with Crippen LogP contribution in [-0.4, -0.2) is 20.3 Å². The summed E-state index contributed by atoms with van der Waals surface area (Å²) in [7, 11) is -1.65. The van der Waals surface area contributed by atoms with Crippen LogP contribution in [0.3, 0.4) is 0 Å². The first-order valence-corrected chi connectivity index (χ1v) is 6.55. The van der Waals surface area contributed by atoms with E-state index in [1.54, 1.807) is 56.6 Å². The molecular weight excluding hydrogens is 219 g/mol. The second-order valence-electron chi connectivity index (χ2n) is 3.91. The van der Waals surface area contributed by atoms with Crippen LogP contribution in [-0.2, 0) is 9.84 Å². The van der Waals surface area contributed by atoms with Crippen LogP contribution in [0.25, 0.3) is 0 Å². The second-order valence-corrected chi connectivity index (χ2v) is 6.27. The molecule has 0 amide bonds. The Hall–Kier alpha value is -1.29. The molecule has 1 aliphatic rings. The summed E-state index contributed by atoms with van der Waals surface area (Å²) < 4.78 is 23.8. The summed E-state index contributed by atoms with van der Waals surface area (Å²) in [5.74, 6) is 1.76. The lowest BCUT2D eigenvalue weighted by atomic mass is 9.62. The molecule has 4 heteroatoms. The molecule has 0 aliphatic carbocycles. The Morgan fingerprint density at radius 1 is 1.12 bits per heavy atom. The number of rotatable bonds is 2. The van der Waals surface area contributed by atoms with E-state index in [0.29, 0.717) is 4.90 Å². The van der Waals surface area contributed by atoms with Crippen molar-refractivity contribution in [1.82, 2.24) is 0 Å². The quantitative estimate of drug-likeness (QED) is 0.729. The van der Waals surface area contributed by atoms with E-state index < -0.39 is 14.5 Å². The van der Waals surface area contributed by atoms with Gasteiger partial charge in [-0.1, -0.05) is 36.4 Å². The van der Waals surface area contributed by atoms with Crippen molar-refractivity contribution in [2.45, 2.75) is 16.5 Å². The van der Waals surface area contributed by atoms with Crippen LogP contribution in [0.4, 0.5) is 0 Å². The molecule has 0 fully saturated rings. The van der Waals surface area contributed by atoms with Gasteiger partial charge >= 0.3 is 0 Å². The van der Waals surface area contributed by atoms with Gasteiger partial charge in [-0.15, -0.1) is 5.98 Å². The largest absolute Gasteiger partial charge is 0.224 e. The van der Waals surface area contributed by atoms with Gasteiger partial charge in [-0.3, -0.25) is 0 Å². The Kier molecular flexibility index (Phi) is 2.76. The molecular formula is C12H12BO2S. The van der Waals surface area contributed by atoms with Gasteiger partial charge < -0.3 is 0 Å². The molecule has 1 aromatic rings. The predicted octanol–water partition coefficient (Wildman–Crippen LogP) is 1.96. The minimum Gasteiger partial charge on any atom is -0.224 e. The maximum atomic E-state index is 12.4. The van der Waals surface area contributed by atoms with Crippen LogP contribution in [0.1, 0.15) is 6.92 Å². The average Bonchev–Trinajstić information content (AvgIpc) is 2.31. The smallest absolute Gasteiger partial charge is 0.180 e. The Morgan fingerprint density at radius 3 is 2.38 bits per heavy atom. The highest BCUT2D eigenvalue weighted by Crippen LogP contribution is 2.27. The molecule has 0 spiro atoms. The topological polar surface area (TPSA) is 34.1 Å². The van der Waals surface area contributed by atoms with Gasteiger partial charge in [-0.05, 0) is 19.1 Å². The van der Waals surface area contributed by atoms with Crippen LogP contribution in [0.2, 0.25) is 0 Å². The fourth-order valence-electron chi connectivity index (χ4n) is 1.65. The summed E-state index contributed by atoms with van der Waals surface area (Å²) >= 11 is 0. The summed E-state index contributed by atoms with van der Waals surface area (Å²) in [6.45, 7) is 1.70. The lowest BCUT2D eigenvalue weighted by Gasteiger charge is -2.25. The highest BCUT2D eigenvalue weighted by molar-refractivity contribution is 7.94. The van der Waals surface area contributed by atoms with Crippen molar-refractivity contribution >= 4 is 17.1 Å². The first-order valence-electron chi connectivity index (χ1n) is 5.06. The molecule has 81 valence electrons. The van der Waals surface area contributed by atoms with Crippen molar-refractivity contribution in [3.63, 3.8) is 0 Å². The molecule has 2 nitrogen and oxygen atoms in total. The molecule has 0 N–H and O–H groups in total. The van der Waals surface area contributed by atoms with E-state index in [2.05, 4.69) is 0 Å². The first kappa shape index (κ1) is 11.2. The number of benzene rings is 1. The zero-order valence-corrected chi connectivity index (χ0v) is 9.81. The normalized spacial score (nSPS) is 24.1. The zero-order chi connectivity index (χ0) is 11.6. The highest BCUT2D eigenvalue weighted by Gasteiger charge is 2.37. The summed E-state index contributed by atoms with van der Waals surface area (Å²) in [5, 5.41) is 0. The Balaban J connectivity index is 2.48. The Bertz CT molecular complexity index is 531. The average molecular weight is 231 g/mol. The molecule has 1 heterocycles. The summed E-state index contributed by atoms with van der Waals surface area (Å²) in [4.78, 5) is 0.355. The van der Waals surface area contributed by atoms with Crippen LogP contribution in [0.5, 0.6) is 0 Å². The predicted molar refractivity (Wildman–Crippen MR) is 66.1 cm³/mol. The van der Waals surface area contributed by atoms with E-state index in [-0.39, 0.29) is 0 Å². The SMILES string of the molecule is CC1(S(=O)(=O)c2ccccc2)[B]C=CC=C1. The molecule has 1 aromatic carbocycles. The highest BCUT2D eigenvalue weighted by atomic mass is 32.2. The molecule has 1 unspecified atom stereocenters. The minimum absolute atomic E-state index is 0.355. The second kappa shape index (κ2) is 3.94. The van der Waals surface area contributed by atoms with Crippen LogP contribution in [0, 0.1) is 0 Å². The van der Waals surface area contributed by atoms with Gasteiger partial charge in [0.1, 0.15) is 0 Å². The van der Waals surface area contributed by atoms with Crippen LogP contribution >= 0.6 is 0 Å². The van der Waals surface area contributed by atoms with Crippen molar-refractivity contribution in [2.24, 2.45) is 0 Å². The Morgan fingerprint density at radius 2 is 1.81 bits per heavy atom.